The maximum absolute atomic E-state index is 13.5. The van der Waals surface area contributed by atoms with Gasteiger partial charge in [0.25, 0.3) is 0 Å². The van der Waals surface area contributed by atoms with Gasteiger partial charge in [-0.3, -0.25) is 14.5 Å². The first-order chi connectivity index (χ1) is 18.8. The SMILES string of the molecule is CC12CN(CCCSCCCC(F)(F)C(F)(F)F)C[C@@](C)(O1)[C@@H]1C(=O)N(c3ccc(C#N)c(C(F)(F)F)c3)C(=O)C12. The van der Waals surface area contributed by atoms with Gasteiger partial charge in [0.15, 0.2) is 0 Å². The second-order valence-electron chi connectivity index (χ2n) is 11.0. The van der Waals surface area contributed by atoms with Gasteiger partial charge in [-0.15, -0.1) is 0 Å². The number of morpholine rings is 1. The van der Waals surface area contributed by atoms with Crippen molar-refractivity contribution in [2.24, 2.45) is 11.8 Å². The van der Waals surface area contributed by atoms with Crippen LogP contribution >= 0.6 is 11.8 Å². The lowest BCUT2D eigenvalue weighted by atomic mass is 9.79. The van der Waals surface area contributed by atoms with Crippen LogP contribution in [0.25, 0.3) is 0 Å². The molecule has 0 radical (unpaired) electrons. The molecule has 0 aromatic heterocycles. The standard InChI is InChI=1S/C26H27F8N3O3S/c1-22-13-36(8-4-10-41-9-3-7-24(27,28)26(32,33)34)14-23(2,40-22)19-18(22)20(38)37(21(19)39)16-6-5-15(12-35)17(11-16)25(29,30)31/h5-6,11,18-19H,3-4,7-10,13-14H2,1-2H3/t18-,19?,22+,23?/m0/s1. The van der Waals surface area contributed by atoms with Crippen LogP contribution in [0.1, 0.15) is 44.2 Å². The number of benzene rings is 1. The molecule has 15 heteroatoms. The van der Waals surface area contributed by atoms with E-state index >= 15 is 0 Å². The first-order valence-corrected chi connectivity index (χ1v) is 13.9. The number of likely N-dealkylation sites (tertiary alicyclic amines) is 1. The van der Waals surface area contributed by atoms with Crippen molar-refractivity contribution in [3.8, 4) is 6.07 Å². The normalized spacial score (nSPS) is 28.8. The highest BCUT2D eigenvalue weighted by Crippen LogP contribution is 2.55. The van der Waals surface area contributed by atoms with E-state index in [9.17, 15) is 44.7 Å². The Labute approximate surface area is 235 Å². The van der Waals surface area contributed by atoms with Gasteiger partial charge in [-0.25, -0.2) is 4.90 Å². The molecule has 2 bridgehead atoms. The summed E-state index contributed by atoms with van der Waals surface area (Å²) < 4.78 is 110. The fourth-order valence-electron chi connectivity index (χ4n) is 6.21. The van der Waals surface area contributed by atoms with E-state index in [0.29, 0.717) is 24.8 Å². The molecule has 2 amide bonds. The number of fused-ring (bicyclic) bond motifs is 5. The minimum Gasteiger partial charge on any atom is -0.365 e. The molecule has 3 fully saturated rings. The fourth-order valence-corrected chi connectivity index (χ4v) is 7.10. The molecule has 0 aliphatic carbocycles. The number of ether oxygens (including phenoxy) is 1. The average molecular weight is 614 g/mol. The third-order valence-corrected chi connectivity index (χ3v) is 8.96. The number of anilines is 1. The van der Waals surface area contributed by atoms with Gasteiger partial charge >= 0.3 is 18.3 Å². The number of halogens is 8. The smallest absolute Gasteiger partial charge is 0.365 e. The highest BCUT2D eigenvalue weighted by atomic mass is 32.2. The lowest BCUT2D eigenvalue weighted by Gasteiger charge is -2.45. The van der Waals surface area contributed by atoms with Crippen LogP contribution in [-0.4, -0.2) is 71.2 Å². The van der Waals surface area contributed by atoms with Crippen molar-refractivity contribution >= 4 is 29.3 Å². The molecule has 3 aliphatic rings. The maximum Gasteiger partial charge on any atom is 0.453 e. The first kappa shape index (κ1) is 31.5. The van der Waals surface area contributed by atoms with E-state index < -0.39 is 70.7 Å². The van der Waals surface area contributed by atoms with Crippen LogP contribution in [0.3, 0.4) is 0 Å². The van der Waals surface area contributed by atoms with Crippen molar-refractivity contribution in [2.75, 3.05) is 36.0 Å². The van der Waals surface area contributed by atoms with Crippen LogP contribution in [0.4, 0.5) is 40.8 Å². The molecule has 2 unspecified atom stereocenters. The van der Waals surface area contributed by atoms with Crippen molar-refractivity contribution in [2.45, 2.75) is 62.6 Å². The summed E-state index contributed by atoms with van der Waals surface area (Å²) in [5.41, 5.74) is -4.38. The minimum atomic E-state index is -5.56. The van der Waals surface area contributed by atoms with Gasteiger partial charge in [0.1, 0.15) is 0 Å². The van der Waals surface area contributed by atoms with E-state index in [4.69, 9.17) is 10.00 Å². The number of carbonyl (C=O) groups excluding carboxylic acids is 2. The number of carbonyl (C=O) groups is 2. The fraction of sp³-hybridized carbons (Fsp3) is 0.654. The molecule has 41 heavy (non-hydrogen) atoms. The van der Waals surface area contributed by atoms with E-state index in [1.54, 1.807) is 13.8 Å². The van der Waals surface area contributed by atoms with E-state index in [2.05, 4.69) is 0 Å². The van der Waals surface area contributed by atoms with E-state index in [1.807, 2.05) is 4.90 Å². The molecule has 4 atom stereocenters. The highest BCUT2D eigenvalue weighted by Gasteiger charge is 2.71. The lowest BCUT2D eigenvalue weighted by molar-refractivity contribution is -0.284. The summed E-state index contributed by atoms with van der Waals surface area (Å²) in [6, 6.07) is 4.16. The molecule has 0 spiro atoms. The summed E-state index contributed by atoms with van der Waals surface area (Å²) in [4.78, 5) is 29.8. The number of amides is 2. The molecule has 0 N–H and O–H groups in total. The second kappa shape index (κ2) is 10.7. The molecule has 3 heterocycles. The van der Waals surface area contributed by atoms with Crippen LogP contribution in [0, 0.1) is 23.2 Å². The van der Waals surface area contributed by atoms with Gasteiger partial charge in [-0.05, 0) is 62.9 Å². The Morgan fingerprint density at radius 3 is 2.05 bits per heavy atom. The van der Waals surface area contributed by atoms with Crippen LogP contribution in [0.5, 0.6) is 0 Å². The van der Waals surface area contributed by atoms with E-state index in [0.717, 1.165) is 17.0 Å². The predicted octanol–water partition coefficient (Wildman–Crippen LogP) is 5.65. The largest absolute Gasteiger partial charge is 0.453 e. The van der Waals surface area contributed by atoms with E-state index in [-0.39, 0.29) is 31.0 Å². The molecule has 6 nitrogen and oxygen atoms in total. The number of alkyl halides is 8. The molecule has 4 rings (SSSR count). The highest BCUT2D eigenvalue weighted by molar-refractivity contribution is 7.99. The summed E-state index contributed by atoms with van der Waals surface area (Å²) in [6.45, 7) is 4.34. The summed E-state index contributed by atoms with van der Waals surface area (Å²) >= 11 is 1.26. The Bertz CT molecular complexity index is 1210. The number of nitrogens with zero attached hydrogens (tertiary/aromatic N) is 3. The molecular formula is C26H27F8N3O3S. The van der Waals surface area contributed by atoms with Crippen LogP contribution < -0.4 is 4.90 Å². The van der Waals surface area contributed by atoms with Crippen molar-refractivity contribution in [1.29, 1.82) is 5.26 Å². The van der Waals surface area contributed by atoms with Gasteiger partial charge in [0.2, 0.25) is 11.8 Å². The molecule has 3 saturated heterocycles. The lowest BCUT2D eigenvalue weighted by Crippen LogP contribution is -2.58. The van der Waals surface area contributed by atoms with Gasteiger partial charge < -0.3 is 4.74 Å². The average Bonchev–Trinajstić information content (AvgIpc) is 3.21. The quantitative estimate of drug-likeness (QED) is 0.204. The number of imide groups is 1. The van der Waals surface area contributed by atoms with Crippen molar-refractivity contribution in [3.05, 3.63) is 29.3 Å². The Kier molecular flexibility index (Phi) is 8.20. The van der Waals surface area contributed by atoms with Gasteiger partial charge in [0, 0.05) is 19.5 Å². The Morgan fingerprint density at radius 1 is 0.976 bits per heavy atom. The summed E-state index contributed by atoms with van der Waals surface area (Å²) in [7, 11) is 0. The minimum absolute atomic E-state index is 0.137. The zero-order chi connectivity index (χ0) is 30.6. The molecule has 226 valence electrons. The van der Waals surface area contributed by atoms with Crippen LogP contribution in [0.2, 0.25) is 0 Å². The number of thioether (sulfide) groups is 1. The third-order valence-electron chi connectivity index (χ3n) is 7.81. The Balaban J connectivity index is 1.39. The summed E-state index contributed by atoms with van der Waals surface area (Å²) in [5.74, 6) is -7.33. The van der Waals surface area contributed by atoms with Crippen LogP contribution in [-0.2, 0) is 20.5 Å². The second-order valence-corrected chi connectivity index (χ2v) is 12.2. The van der Waals surface area contributed by atoms with Gasteiger partial charge in [-0.2, -0.15) is 52.1 Å². The first-order valence-electron chi connectivity index (χ1n) is 12.8. The zero-order valence-electron chi connectivity index (χ0n) is 22.0. The third kappa shape index (κ3) is 5.79. The predicted molar refractivity (Wildman–Crippen MR) is 132 cm³/mol. The Hall–Kier alpha value is -2.44. The molecule has 1 aromatic carbocycles. The van der Waals surface area contributed by atoms with E-state index in [1.165, 1.54) is 17.8 Å². The summed E-state index contributed by atoms with van der Waals surface area (Å²) in [6.07, 6.45) is -11.4. The molecule has 1 aromatic rings. The zero-order valence-corrected chi connectivity index (χ0v) is 22.9. The maximum atomic E-state index is 13.5. The molecule has 0 saturated carbocycles. The molecule has 3 aliphatic heterocycles. The monoisotopic (exact) mass is 613 g/mol. The Morgan fingerprint density at radius 2 is 1.54 bits per heavy atom. The number of hydrogen-bond acceptors (Lipinski definition) is 6. The number of rotatable bonds is 9. The molecular weight excluding hydrogens is 586 g/mol. The van der Waals surface area contributed by atoms with Crippen molar-refractivity contribution in [3.63, 3.8) is 0 Å². The van der Waals surface area contributed by atoms with Crippen molar-refractivity contribution < 1.29 is 49.4 Å². The van der Waals surface area contributed by atoms with Crippen molar-refractivity contribution in [1.82, 2.24) is 4.90 Å². The summed E-state index contributed by atoms with van der Waals surface area (Å²) in [5, 5.41) is 9.06. The number of hydrogen-bond donors (Lipinski definition) is 0. The van der Waals surface area contributed by atoms with Crippen LogP contribution in [0.15, 0.2) is 18.2 Å². The van der Waals surface area contributed by atoms with Gasteiger partial charge in [-0.1, -0.05) is 0 Å². The topological polar surface area (TPSA) is 73.6 Å². The van der Waals surface area contributed by atoms with Gasteiger partial charge in [0.05, 0.1) is 45.9 Å². The number of nitriles is 1.